The molecule has 0 saturated carbocycles. The molecule has 1 aliphatic rings. The lowest BCUT2D eigenvalue weighted by molar-refractivity contribution is 0.0627. The minimum Gasteiger partial charge on any atom is -0.493 e. The lowest BCUT2D eigenvalue weighted by Crippen LogP contribution is -2.39. The van der Waals surface area contributed by atoms with E-state index in [4.69, 9.17) is 9.47 Å². The number of nitrogens with one attached hydrogen (secondary N) is 1. The fraction of sp³-hybridized carbons (Fsp3) is 0.571. The third kappa shape index (κ3) is 2.39. The normalized spacial score (nSPS) is 21.5. The van der Waals surface area contributed by atoms with Crippen LogP contribution in [-0.2, 0) is 0 Å². The van der Waals surface area contributed by atoms with Crippen LogP contribution in [0, 0.1) is 0 Å². The molecule has 0 radical (unpaired) electrons. The number of hydrogen-bond donors (Lipinski definition) is 1. The first kappa shape index (κ1) is 12.2. The van der Waals surface area contributed by atoms with Crippen LogP contribution < -0.4 is 14.8 Å². The summed E-state index contributed by atoms with van der Waals surface area (Å²) in [6.07, 6.45) is 0.973. The minimum atomic E-state index is -0.158. The summed E-state index contributed by atoms with van der Waals surface area (Å²) in [5.74, 6) is 1.70. The van der Waals surface area contributed by atoms with E-state index >= 15 is 0 Å². The molecule has 0 bridgehead atoms. The SMILES string of the molecule is CCNC1CC(C)(C)Oc2c(OC)cccc21. The van der Waals surface area contributed by atoms with Gasteiger partial charge in [0.15, 0.2) is 11.5 Å². The van der Waals surface area contributed by atoms with E-state index in [1.165, 1.54) is 5.56 Å². The smallest absolute Gasteiger partial charge is 0.166 e. The highest BCUT2D eigenvalue weighted by molar-refractivity contribution is 5.49. The molecule has 0 aromatic heterocycles. The number of benzene rings is 1. The molecule has 1 heterocycles. The predicted molar refractivity (Wildman–Crippen MR) is 68.7 cm³/mol. The summed E-state index contributed by atoms with van der Waals surface area (Å²) >= 11 is 0. The van der Waals surface area contributed by atoms with Crippen molar-refractivity contribution in [2.45, 2.75) is 38.8 Å². The average Bonchev–Trinajstić information content (AvgIpc) is 2.27. The van der Waals surface area contributed by atoms with Crippen molar-refractivity contribution in [3.63, 3.8) is 0 Å². The van der Waals surface area contributed by atoms with Crippen LogP contribution >= 0.6 is 0 Å². The van der Waals surface area contributed by atoms with E-state index in [1.807, 2.05) is 12.1 Å². The number of methoxy groups -OCH3 is 1. The summed E-state index contributed by atoms with van der Waals surface area (Å²) in [5.41, 5.74) is 1.04. The van der Waals surface area contributed by atoms with Gasteiger partial charge in [0, 0.05) is 18.0 Å². The zero-order valence-electron chi connectivity index (χ0n) is 11.0. The largest absolute Gasteiger partial charge is 0.493 e. The summed E-state index contributed by atoms with van der Waals surface area (Å²) in [5, 5.41) is 3.51. The number of para-hydroxylation sites is 1. The van der Waals surface area contributed by atoms with Crippen molar-refractivity contribution >= 4 is 0 Å². The fourth-order valence-corrected chi connectivity index (χ4v) is 2.43. The third-order valence-electron chi connectivity index (χ3n) is 3.13. The fourth-order valence-electron chi connectivity index (χ4n) is 2.43. The molecular formula is C14H21NO2. The molecule has 0 aliphatic carbocycles. The maximum Gasteiger partial charge on any atom is 0.166 e. The van der Waals surface area contributed by atoms with E-state index in [9.17, 15) is 0 Å². The van der Waals surface area contributed by atoms with Crippen LogP contribution in [0.25, 0.3) is 0 Å². The van der Waals surface area contributed by atoms with Gasteiger partial charge >= 0.3 is 0 Å². The molecule has 94 valence electrons. The summed E-state index contributed by atoms with van der Waals surface area (Å²) in [7, 11) is 1.68. The quantitative estimate of drug-likeness (QED) is 0.873. The minimum absolute atomic E-state index is 0.158. The number of fused-ring (bicyclic) bond motifs is 1. The van der Waals surface area contributed by atoms with Gasteiger partial charge in [0.1, 0.15) is 5.60 Å². The zero-order chi connectivity index (χ0) is 12.5. The molecule has 3 nitrogen and oxygen atoms in total. The van der Waals surface area contributed by atoms with Crippen LogP contribution in [-0.4, -0.2) is 19.3 Å². The van der Waals surface area contributed by atoms with Crippen LogP contribution in [0.15, 0.2) is 18.2 Å². The molecular weight excluding hydrogens is 214 g/mol. The van der Waals surface area contributed by atoms with Crippen molar-refractivity contribution in [1.29, 1.82) is 0 Å². The van der Waals surface area contributed by atoms with Crippen LogP contribution in [0.1, 0.15) is 38.8 Å². The van der Waals surface area contributed by atoms with Gasteiger partial charge in [0.2, 0.25) is 0 Å². The molecule has 17 heavy (non-hydrogen) atoms. The van der Waals surface area contributed by atoms with Crippen molar-refractivity contribution in [1.82, 2.24) is 5.32 Å². The molecule has 1 aliphatic heterocycles. The van der Waals surface area contributed by atoms with Crippen molar-refractivity contribution in [3.8, 4) is 11.5 Å². The van der Waals surface area contributed by atoms with Gasteiger partial charge in [-0.3, -0.25) is 0 Å². The molecule has 0 saturated heterocycles. The Morgan fingerprint density at radius 3 is 2.88 bits per heavy atom. The Hall–Kier alpha value is -1.22. The van der Waals surface area contributed by atoms with Gasteiger partial charge < -0.3 is 14.8 Å². The standard InChI is InChI=1S/C14H21NO2/c1-5-15-11-9-14(2,3)17-13-10(11)7-6-8-12(13)16-4/h6-8,11,15H,5,9H2,1-4H3. The molecule has 0 fully saturated rings. The molecule has 0 spiro atoms. The Balaban J connectivity index is 2.44. The number of ether oxygens (including phenoxy) is 2. The van der Waals surface area contributed by atoms with Gasteiger partial charge in [-0.1, -0.05) is 19.1 Å². The second-order valence-electron chi connectivity index (χ2n) is 5.05. The maximum absolute atomic E-state index is 6.05. The van der Waals surface area contributed by atoms with E-state index in [2.05, 4.69) is 32.2 Å². The summed E-state index contributed by atoms with van der Waals surface area (Å²) < 4.78 is 11.4. The molecule has 3 heteroatoms. The van der Waals surface area contributed by atoms with Gasteiger partial charge in [-0.15, -0.1) is 0 Å². The zero-order valence-corrected chi connectivity index (χ0v) is 11.0. The third-order valence-corrected chi connectivity index (χ3v) is 3.13. The van der Waals surface area contributed by atoms with E-state index < -0.39 is 0 Å². The molecule has 1 aromatic rings. The Kier molecular flexibility index (Phi) is 3.29. The second kappa shape index (κ2) is 4.57. The van der Waals surface area contributed by atoms with Crippen LogP contribution in [0.5, 0.6) is 11.5 Å². The Morgan fingerprint density at radius 1 is 1.47 bits per heavy atom. The average molecular weight is 235 g/mol. The van der Waals surface area contributed by atoms with Gasteiger partial charge in [-0.25, -0.2) is 0 Å². The van der Waals surface area contributed by atoms with Crippen molar-refractivity contribution in [2.75, 3.05) is 13.7 Å². The van der Waals surface area contributed by atoms with Gasteiger partial charge in [-0.2, -0.15) is 0 Å². The highest BCUT2D eigenvalue weighted by Crippen LogP contribution is 2.44. The van der Waals surface area contributed by atoms with E-state index in [1.54, 1.807) is 7.11 Å². The summed E-state index contributed by atoms with van der Waals surface area (Å²) in [4.78, 5) is 0. The van der Waals surface area contributed by atoms with Crippen molar-refractivity contribution < 1.29 is 9.47 Å². The first-order chi connectivity index (χ1) is 8.07. The van der Waals surface area contributed by atoms with Crippen molar-refractivity contribution in [3.05, 3.63) is 23.8 Å². The van der Waals surface area contributed by atoms with Crippen LogP contribution in [0.3, 0.4) is 0 Å². The molecule has 0 amide bonds. The van der Waals surface area contributed by atoms with Gasteiger partial charge in [0.25, 0.3) is 0 Å². The molecule has 1 atom stereocenters. The highest BCUT2D eigenvalue weighted by atomic mass is 16.5. The number of rotatable bonds is 3. The topological polar surface area (TPSA) is 30.5 Å². The first-order valence-corrected chi connectivity index (χ1v) is 6.16. The maximum atomic E-state index is 6.05. The van der Waals surface area contributed by atoms with Crippen LogP contribution in [0.4, 0.5) is 0 Å². The molecule has 2 rings (SSSR count). The summed E-state index contributed by atoms with van der Waals surface area (Å²) in [6, 6.07) is 6.42. The second-order valence-corrected chi connectivity index (χ2v) is 5.05. The number of hydrogen-bond acceptors (Lipinski definition) is 3. The summed E-state index contributed by atoms with van der Waals surface area (Å²) in [6.45, 7) is 7.32. The molecule has 1 N–H and O–H groups in total. The molecule has 1 aromatic carbocycles. The van der Waals surface area contributed by atoms with E-state index in [0.29, 0.717) is 6.04 Å². The first-order valence-electron chi connectivity index (χ1n) is 6.16. The van der Waals surface area contributed by atoms with E-state index in [-0.39, 0.29) is 5.60 Å². The molecule has 1 unspecified atom stereocenters. The van der Waals surface area contributed by atoms with E-state index in [0.717, 1.165) is 24.5 Å². The highest BCUT2D eigenvalue weighted by Gasteiger charge is 2.34. The van der Waals surface area contributed by atoms with Crippen molar-refractivity contribution in [2.24, 2.45) is 0 Å². The lowest BCUT2D eigenvalue weighted by Gasteiger charge is -2.38. The monoisotopic (exact) mass is 235 g/mol. The Labute approximate surface area is 103 Å². The lowest BCUT2D eigenvalue weighted by atomic mass is 9.89. The Morgan fingerprint density at radius 2 is 2.24 bits per heavy atom. The predicted octanol–water partition coefficient (Wildman–Crippen LogP) is 2.91. The van der Waals surface area contributed by atoms with Gasteiger partial charge in [0.05, 0.1) is 7.11 Å². The van der Waals surface area contributed by atoms with Crippen LogP contribution in [0.2, 0.25) is 0 Å². The van der Waals surface area contributed by atoms with Gasteiger partial charge in [-0.05, 0) is 26.5 Å². The Bertz CT molecular complexity index is 401.